The molecule has 0 saturated carbocycles. The van der Waals surface area contributed by atoms with Crippen molar-refractivity contribution in [3.05, 3.63) is 51.9 Å². The number of rotatable bonds is 0. The van der Waals surface area contributed by atoms with Crippen LogP contribution in [-0.4, -0.2) is 20.4 Å². The van der Waals surface area contributed by atoms with Gasteiger partial charge < -0.3 is 5.73 Å². The molecule has 5 nitrogen and oxygen atoms in total. The lowest BCUT2D eigenvalue weighted by molar-refractivity contribution is 0.588. The second kappa shape index (κ2) is 6.90. The van der Waals surface area contributed by atoms with Gasteiger partial charge in [0.15, 0.2) is 0 Å². The minimum atomic E-state index is -0.438. The number of H-pyrrole nitrogens is 2. The van der Waals surface area contributed by atoms with Crippen molar-refractivity contribution >= 4 is 50.1 Å². The first kappa shape index (κ1) is 17.1. The minimum Gasteiger partial charge on any atom is -0.399 e. The van der Waals surface area contributed by atoms with E-state index in [1.807, 2.05) is 6.07 Å². The van der Waals surface area contributed by atoms with Gasteiger partial charge >= 0.3 is 0 Å². The summed E-state index contributed by atoms with van der Waals surface area (Å²) in [5, 5.41) is 13.0. The molecule has 0 fully saturated rings. The number of benzene rings is 2. The Hall–Kier alpha value is -2.23. The van der Waals surface area contributed by atoms with Gasteiger partial charge in [0, 0.05) is 9.26 Å². The zero-order valence-corrected chi connectivity index (χ0v) is 13.2. The van der Waals surface area contributed by atoms with E-state index in [9.17, 15) is 8.78 Å². The fraction of sp³-hybridized carbons (Fsp3) is 0.0667. The molecule has 0 unspecified atom stereocenters. The number of hydrogen-bond donors (Lipinski definition) is 3. The number of anilines is 1. The van der Waals surface area contributed by atoms with Crippen LogP contribution in [0.15, 0.2) is 36.4 Å². The summed E-state index contributed by atoms with van der Waals surface area (Å²) in [6, 6.07) is 10.3. The number of hydrogen-bond acceptors (Lipinski definition) is 3. The van der Waals surface area contributed by atoms with Gasteiger partial charge in [0.1, 0.15) is 0 Å². The number of nitrogen functional groups attached to an aromatic ring is 1. The summed E-state index contributed by atoms with van der Waals surface area (Å²) in [6.07, 6.45) is 0. The van der Waals surface area contributed by atoms with Gasteiger partial charge in [0.2, 0.25) is 11.9 Å². The Balaban J connectivity index is 0.000000160. The van der Waals surface area contributed by atoms with Gasteiger partial charge in [-0.2, -0.15) is 19.0 Å². The topological polar surface area (TPSA) is 83.4 Å². The zero-order chi connectivity index (χ0) is 15.7. The van der Waals surface area contributed by atoms with E-state index in [1.165, 1.54) is 0 Å². The number of aromatic amines is 2. The van der Waals surface area contributed by atoms with Gasteiger partial charge in [-0.15, -0.1) is 0 Å². The quantitative estimate of drug-likeness (QED) is 0.289. The molecule has 0 aliphatic heterocycles. The average Bonchev–Trinajstić information content (AvgIpc) is 3.04. The SMILES string of the molecule is C.Fc1[nH]nc2ccc(I)cc12.Nc1ccc2n[nH]c(F)c2c1. The molecule has 2 aromatic heterocycles. The lowest BCUT2D eigenvalue weighted by Gasteiger charge is -1.89. The number of halogens is 3. The molecule has 120 valence electrons. The fourth-order valence-electron chi connectivity index (χ4n) is 1.95. The molecule has 0 aliphatic carbocycles. The van der Waals surface area contributed by atoms with Crippen molar-refractivity contribution in [3.63, 3.8) is 0 Å². The average molecular weight is 429 g/mol. The molecule has 0 bridgehead atoms. The van der Waals surface area contributed by atoms with Crippen LogP contribution in [0, 0.1) is 15.5 Å². The molecule has 0 amide bonds. The first-order valence-corrected chi connectivity index (χ1v) is 7.30. The second-order valence-corrected chi connectivity index (χ2v) is 5.76. The number of nitrogens with one attached hydrogen (secondary N) is 2. The van der Waals surface area contributed by atoms with Crippen molar-refractivity contribution in [2.24, 2.45) is 0 Å². The van der Waals surface area contributed by atoms with Crippen LogP contribution in [-0.2, 0) is 0 Å². The molecule has 8 heteroatoms. The van der Waals surface area contributed by atoms with E-state index in [0.717, 1.165) is 3.57 Å². The Morgan fingerprint density at radius 2 is 1.39 bits per heavy atom. The normalized spacial score (nSPS) is 10.2. The predicted molar refractivity (Wildman–Crippen MR) is 96.0 cm³/mol. The van der Waals surface area contributed by atoms with E-state index in [-0.39, 0.29) is 13.4 Å². The molecule has 0 atom stereocenters. The molecule has 23 heavy (non-hydrogen) atoms. The zero-order valence-electron chi connectivity index (χ0n) is 11.1. The highest BCUT2D eigenvalue weighted by Gasteiger charge is 2.03. The van der Waals surface area contributed by atoms with Gasteiger partial charge in [0.05, 0.1) is 21.8 Å². The smallest absolute Gasteiger partial charge is 0.216 e. The number of fused-ring (bicyclic) bond motifs is 2. The molecule has 4 aromatic rings. The molecule has 2 aromatic carbocycles. The van der Waals surface area contributed by atoms with E-state index >= 15 is 0 Å². The Morgan fingerprint density at radius 3 is 2.00 bits per heavy atom. The standard InChI is InChI=1S/C7H4FIN2.C7H6FN3.CH4/c2*8-7-5-3-4(9)1-2-6(5)10-11-7;/h1-3H,(H,10,11);1-3H,9H2,(H,10,11);1H4. The minimum absolute atomic E-state index is 0. The maximum absolute atomic E-state index is 12.8. The molecule has 0 saturated heterocycles. The highest BCUT2D eigenvalue weighted by molar-refractivity contribution is 14.1. The van der Waals surface area contributed by atoms with Gasteiger partial charge in [-0.05, 0) is 59.0 Å². The van der Waals surface area contributed by atoms with E-state index in [0.29, 0.717) is 27.5 Å². The van der Waals surface area contributed by atoms with E-state index in [4.69, 9.17) is 5.73 Å². The summed E-state index contributed by atoms with van der Waals surface area (Å²) in [5.41, 5.74) is 7.25. The molecular weight excluding hydrogens is 415 g/mol. The third kappa shape index (κ3) is 3.58. The van der Waals surface area contributed by atoms with Crippen LogP contribution in [0.25, 0.3) is 21.8 Å². The van der Waals surface area contributed by atoms with Crippen LogP contribution in [0.1, 0.15) is 7.43 Å². The van der Waals surface area contributed by atoms with Crippen molar-refractivity contribution in [2.45, 2.75) is 7.43 Å². The van der Waals surface area contributed by atoms with Gasteiger partial charge in [-0.1, -0.05) is 7.43 Å². The summed E-state index contributed by atoms with van der Waals surface area (Å²) >= 11 is 2.13. The van der Waals surface area contributed by atoms with Crippen molar-refractivity contribution < 1.29 is 8.78 Å². The van der Waals surface area contributed by atoms with Crippen LogP contribution in [0.4, 0.5) is 14.5 Å². The summed E-state index contributed by atoms with van der Waals surface area (Å²) in [6.45, 7) is 0. The van der Waals surface area contributed by atoms with Crippen LogP contribution in [0.3, 0.4) is 0 Å². The first-order valence-electron chi connectivity index (χ1n) is 6.23. The Morgan fingerprint density at radius 1 is 0.870 bits per heavy atom. The number of nitrogens with two attached hydrogens (primary N) is 1. The maximum atomic E-state index is 12.8. The van der Waals surface area contributed by atoms with Gasteiger partial charge in [-0.25, -0.2) is 0 Å². The first-order chi connectivity index (χ1) is 10.5. The molecule has 4 N–H and O–H groups in total. The Bertz CT molecular complexity index is 870. The molecule has 4 rings (SSSR count). The third-order valence-electron chi connectivity index (χ3n) is 3.00. The molecule has 0 radical (unpaired) electrons. The summed E-state index contributed by atoms with van der Waals surface area (Å²) < 4.78 is 26.6. The van der Waals surface area contributed by atoms with Crippen molar-refractivity contribution in [2.75, 3.05) is 5.73 Å². The predicted octanol–water partition coefficient (Wildman–Crippen LogP) is 4.23. The molecule has 2 heterocycles. The van der Waals surface area contributed by atoms with Gasteiger partial charge in [-0.3, -0.25) is 10.2 Å². The maximum Gasteiger partial charge on any atom is 0.216 e. The second-order valence-electron chi connectivity index (χ2n) is 4.51. The Kier molecular flexibility index (Phi) is 5.14. The summed E-state index contributed by atoms with van der Waals surface area (Å²) in [5.74, 6) is -0.800. The third-order valence-corrected chi connectivity index (χ3v) is 3.67. The molecule has 0 aliphatic rings. The van der Waals surface area contributed by atoms with Crippen molar-refractivity contribution in [3.8, 4) is 0 Å². The van der Waals surface area contributed by atoms with Crippen molar-refractivity contribution in [1.29, 1.82) is 0 Å². The van der Waals surface area contributed by atoms with E-state index in [1.54, 1.807) is 30.3 Å². The van der Waals surface area contributed by atoms with Gasteiger partial charge in [0.25, 0.3) is 0 Å². The number of aromatic nitrogens is 4. The lowest BCUT2D eigenvalue weighted by atomic mass is 10.2. The van der Waals surface area contributed by atoms with Crippen LogP contribution in [0.2, 0.25) is 0 Å². The number of nitrogens with zero attached hydrogens (tertiary/aromatic N) is 2. The Labute approximate surface area is 144 Å². The van der Waals surface area contributed by atoms with Crippen molar-refractivity contribution in [1.82, 2.24) is 20.4 Å². The van der Waals surface area contributed by atoms with Crippen LogP contribution in [0.5, 0.6) is 0 Å². The van der Waals surface area contributed by atoms with E-state index < -0.39 is 5.95 Å². The summed E-state index contributed by atoms with van der Waals surface area (Å²) in [4.78, 5) is 0. The van der Waals surface area contributed by atoms with E-state index in [2.05, 4.69) is 43.0 Å². The largest absolute Gasteiger partial charge is 0.399 e. The summed E-state index contributed by atoms with van der Waals surface area (Å²) in [7, 11) is 0. The monoisotopic (exact) mass is 429 g/mol. The fourth-order valence-corrected chi connectivity index (χ4v) is 2.44. The molecular formula is C15H14F2IN5. The highest BCUT2D eigenvalue weighted by atomic mass is 127. The van der Waals surface area contributed by atoms with Crippen LogP contribution < -0.4 is 5.73 Å². The highest BCUT2D eigenvalue weighted by Crippen LogP contribution is 2.17. The lowest BCUT2D eigenvalue weighted by Crippen LogP contribution is -1.82. The van der Waals surface area contributed by atoms with Crippen LogP contribution >= 0.6 is 22.6 Å². The molecule has 0 spiro atoms.